The predicted octanol–water partition coefficient (Wildman–Crippen LogP) is 2.90. The van der Waals surface area contributed by atoms with Gasteiger partial charge in [-0.3, -0.25) is 0 Å². The Morgan fingerprint density at radius 3 is 2.47 bits per heavy atom. The van der Waals surface area contributed by atoms with Crippen LogP contribution in [0.1, 0.15) is 13.8 Å². The third-order valence-corrected chi connectivity index (χ3v) is 3.03. The Kier molecular flexibility index (Phi) is 4.17. The van der Waals surface area contributed by atoms with Crippen LogP contribution in [0.25, 0.3) is 0 Å². The van der Waals surface area contributed by atoms with Crippen molar-refractivity contribution in [3.8, 4) is 0 Å². The molecule has 1 rings (SSSR count). The summed E-state index contributed by atoms with van der Waals surface area (Å²) >= 11 is 3.52. The zero-order chi connectivity index (χ0) is 11.5. The lowest BCUT2D eigenvalue weighted by molar-refractivity contribution is 0.165. The molecule has 1 N–H and O–H groups in total. The van der Waals surface area contributed by atoms with Gasteiger partial charge in [0.15, 0.2) is 0 Å². The monoisotopic (exact) mass is 271 g/mol. The SMILES string of the molecule is CN(CC(C)(C)CO)c1ccccc1Br. The number of hydrogen-bond acceptors (Lipinski definition) is 2. The highest BCUT2D eigenvalue weighted by Gasteiger charge is 2.19. The predicted molar refractivity (Wildman–Crippen MR) is 68.3 cm³/mol. The Morgan fingerprint density at radius 2 is 1.93 bits per heavy atom. The van der Waals surface area contributed by atoms with E-state index >= 15 is 0 Å². The van der Waals surface area contributed by atoms with Crippen molar-refractivity contribution in [3.63, 3.8) is 0 Å². The topological polar surface area (TPSA) is 23.5 Å². The lowest BCUT2D eigenvalue weighted by Crippen LogP contribution is -2.34. The minimum absolute atomic E-state index is 0.0793. The molecule has 0 unspecified atom stereocenters. The lowest BCUT2D eigenvalue weighted by atomic mass is 9.94. The van der Waals surface area contributed by atoms with Crippen LogP contribution in [0.2, 0.25) is 0 Å². The molecule has 0 aliphatic rings. The first-order valence-corrected chi connectivity index (χ1v) is 5.82. The maximum absolute atomic E-state index is 9.22. The van der Waals surface area contributed by atoms with E-state index in [0.717, 1.165) is 16.7 Å². The zero-order valence-electron chi connectivity index (χ0n) is 9.50. The van der Waals surface area contributed by atoms with Crippen LogP contribution in [0.5, 0.6) is 0 Å². The summed E-state index contributed by atoms with van der Waals surface area (Å²) in [5, 5.41) is 9.22. The third-order valence-electron chi connectivity index (χ3n) is 2.36. The Labute approximate surface area is 100 Å². The molecule has 0 amide bonds. The second-order valence-corrected chi connectivity index (χ2v) is 5.48. The summed E-state index contributed by atoms with van der Waals surface area (Å²) in [6.07, 6.45) is 0. The van der Waals surface area contributed by atoms with Crippen LogP contribution >= 0.6 is 15.9 Å². The first-order valence-electron chi connectivity index (χ1n) is 5.03. The van der Waals surface area contributed by atoms with Crippen LogP contribution in [0, 0.1) is 5.41 Å². The summed E-state index contributed by atoms with van der Waals surface area (Å²) in [7, 11) is 2.04. The molecule has 0 saturated carbocycles. The number of aliphatic hydroxyl groups is 1. The van der Waals surface area contributed by atoms with Gasteiger partial charge in [0.05, 0.1) is 5.69 Å². The summed E-state index contributed by atoms with van der Waals surface area (Å²) < 4.78 is 1.08. The van der Waals surface area contributed by atoms with E-state index in [0.29, 0.717) is 0 Å². The summed E-state index contributed by atoms with van der Waals surface area (Å²) in [6, 6.07) is 8.11. The van der Waals surface area contributed by atoms with Crippen molar-refractivity contribution in [1.82, 2.24) is 0 Å². The normalized spacial score (nSPS) is 11.5. The van der Waals surface area contributed by atoms with Gasteiger partial charge in [-0.15, -0.1) is 0 Å². The summed E-state index contributed by atoms with van der Waals surface area (Å²) in [5.74, 6) is 0. The van der Waals surface area contributed by atoms with Crippen molar-refractivity contribution in [2.45, 2.75) is 13.8 Å². The van der Waals surface area contributed by atoms with Crippen LogP contribution in [-0.2, 0) is 0 Å². The number of halogens is 1. The second-order valence-electron chi connectivity index (χ2n) is 4.63. The zero-order valence-corrected chi connectivity index (χ0v) is 11.1. The fourth-order valence-corrected chi connectivity index (χ4v) is 2.13. The van der Waals surface area contributed by atoms with Gasteiger partial charge in [-0.2, -0.15) is 0 Å². The van der Waals surface area contributed by atoms with E-state index in [1.807, 2.05) is 25.2 Å². The number of benzene rings is 1. The Balaban J connectivity index is 2.78. The number of aliphatic hydroxyl groups excluding tert-OH is 1. The van der Waals surface area contributed by atoms with Crippen molar-refractivity contribution in [1.29, 1.82) is 0 Å². The molecule has 1 aromatic rings. The third kappa shape index (κ3) is 3.50. The average molecular weight is 272 g/mol. The molecule has 0 fully saturated rings. The molecule has 0 aromatic heterocycles. The molecule has 0 bridgehead atoms. The number of para-hydroxylation sites is 1. The van der Waals surface area contributed by atoms with E-state index in [4.69, 9.17) is 0 Å². The van der Waals surface area contributed by atoms with E-state index in [-0.39, 0.29) is 12.0 Å². The summed E-state index contributed by atoms with van der Waals surface area (Å²) in [4.78, 5) is 2.15. The summed E-state index contributed by atoms with van der Waals surface area (Å²) in [5.41, 5.74) is 1.07. The Bertz CT molecular complexity index is 325. The number of nitrogens with zero attached hydrogens (tertiary/aromatic N) is 1. The van der Waals surface area contributed by atoms with Gasteiger partial charge in [0, 0.05) is 30.1 Å². The Hall–Kier alpha value is -0.540. The highest BCUT2D eigenvalue weighted by atomic mass is 79.9. The van der Waals surface area contributed by atoms with Crippen molar-refractivity contribution < 1.29 is 5.11 Å². The van der Waals surface area contributed by atoms with Crippen molar-refractivity contribution in [2.75, 3.05) is 25.1 Å². The van der Waals surface area contributed by atoms with E-state index in [2.05, 4.69) is 40.7 Å². The highest BCUT2D eigenvalue weighted by molar-refractivity contribution is 9.10. The van der Waals surface area contributed by atoms with Gasteiger partial charge in [0.25, 0.3) is 0 Å². The summed E-state index contributed by atoms with van der Waals surface area (Å²) in [6.45, 7) is 5.13. The van der Waals surface area contributed by atoms with Crippen LogP contribution in [-0.4, -0.2) is 25.3 Å². The quantitative estimate of drug-likeness (QED) is 0.911. The van der Waals surface area contributed by atoms with Gasteiger partial charge in [-0.05, 0) is 28.1 Å². The maximum Gasteiger partial charge on any atom is 0.0508 e. The molecular formula is C12H18BrNO. The van der Waals surface area contributed by atoms with Crippen LogP contribution in [0.15, 0.2) is 28.7 Å². The van der Waals surface area contributed by atoms with Crippen molar-refractivity contribution in [3.05, 3.63) is 28.7 Å². The molecular weight excluding hydrogens is 254 g/mol. The molecule has 0 spiro atoms. The molecule has 0 aliphatic heterocycles. The Morgan fingerprint density at radius 1 is 1.33 bits per heavy atom. The van der Waals surface area contributed by atoms with Crippen LogP contribution < -0.4 is 4.90 Å². The van der Waals surface area contributed by atoms with Crippen LogP contribution in [0.4, 0.5) is 5.69 Å². The van der Waals surface area contributed by atoms with E-state index in [9.17, 15) is 5.11 Å². The van der Waals surface area contributed by atoms with Gasteiger partial charge in [-0.1, -0.05) is 26.0 Å². The van der Waals surface area contributed by atoms with E-state index in [1.54, 1.807) is 0 Å². The molecule has 1 aromatic carbocycles. The standard InChI is InChI=1S/C12H18BrNO/c1-12(2,9-15)8-14(3)11-7-5-4-6-10(11)13/h4-7,15H,8-9H2,1-3H3. The molecule has 0 radical (unpaired) electrons. The van der Waals surface area contributed by atoms with Gasteiger partial charge < -0.3 is 10.0 Å². The lowest BCUT2D eigenvalue weighted by Gasteiger charge is -2.30. The molecule has 0 saturated heterocycles. The second kappa shape index (κ2) is 4.99. The molecule has 84 valence electrons. The van der Waals surface area contributed by atoms with E-state index in [1.165, 1.54) is 0 Å². The van der Waals surface area contributed by atoms with Gasteiger partial charge >= 0.3 is 0 Å². The molecule has 15 heavy (non-hydrogen) atoms. The molecule has 0 heterocycles. The van der Waals surface area contributed by atoms with Crippen molar-refractivity contribution in [2.24, 2.45) is 5.41 Å². The van der Waals surface area contributed by atoms with Gasteiger partial charge in [0.1, 0.15) is 0 Å². The molecule has 0 atom stereocenters. The first kappa shape index (κ1) is 12.5. The van der Waals surface area contributed by atoms with E-state index < -0.39 is 0 Å². The largest absolute Gasteiger partial charge is 0.396 e. The fourth-order valence-electron chi connectivity index (χ4n) is 1.54. The number of anilines is 1. The number of rotatable bonds is 4. The molecule has 0 aliphatic carbocycles. The smallest absolute Gasteiger partial charge is 0.0508 e. The maximum atomic E-state index is 9.22. The fraction of sp³-hybridized carbons (Fsp3) is 0.500. The minimum atomic E-state index is -0.0793. The van der Waals surface area contributed by atoms with Gasteiger partial charge in [0.2, 0.25) is 0 Å². The van der Waals surface area contributed by atoms with Gasteiger partial charge in [-0.25, -0.2) is 0 Å². The minimum Gasteiger partial charge on any atom is -0.396 e. The molecule has 3 heteroatoms. The first-order chi connectivity index (χ1) is 6.96. The average Bonchev–Trinajstić information content (AvgIpc) is 2.17. The molecule has 2 nitrogen and oxygen atoms in total. The van der Waals surface area contributed by atoms with Crippen LogP contribution in [0.3, 0.4) is 0 Å². The number of hydrogen-bond donors (Lipinski definition) is 1. The van der Waals surface area contributed by atoms with Crippen molar-refractivity contribution >= 4 is 21.6 Å². The highest BCUT2D eigenvalue weighted by Crippen LogP contribution is 2.27.